The van der Waals surface area contributed by atoms with Crippen LogP contribution in [0.2, 0.25) is 0 Å². The van der Waals surface area contributed by atoms with Gasteiger partial charge in [0.25, 0.3) is 0 Å². The summed E-state index contributed by atoms with van der Waals surface area (Å²) in [5.41, 5.74) is 2.10. The molecule has 4 rings (SSSR count). The average molecular weight is 471 g/mol. The van der Waals surface area contributed by atoms with Gasteiger partial charge in [-0.05, 0) is 11.1 Å². The third-order valence-corrected chi connectivity index (χ3v) is 6.32. The Kier molecular flexibility index (Phi) is 7.34. The van der Waals surface area contributed by atoms with Crippen molar-refractivity contribution in [2.75, 3.05) is 5.75 Å². The van der Waals surface area contributed by atoms with Gasteiger partial charge in [-0.2, -0.15) is 4.98 Å². The van der Waals surface area contributed by atoms with Crippen LogP contribution >= 0.6 is 11.8 Å². The normalized spacial score (nSPS) is 11.6. The molecule has 0 saturated carbocycles. The van der Waals surface area contributed by atoms with Gasteiger partial charge in [-0.3, -0.25) is 9.36 Å². The van der Waals surface area contributed by atoms with Gasteiger partial charge in [0.1, 0.15) is 11.1 Å². The van der Waals surface area contributed by atoms with E-state index in [-0.39, 0.29) is 18.0 Å². The Morgan fingerprint density at radius 1 is 0.882 bits per heavy atom. The largest absolute Gasteiger partial charge is 0.480 e. The summed E-state index contributed by atoms with van der Waals surface area (Å²) in [6, 6.07) is 26.3. The fraction of sp³-hybridized carbons (Fsp3) is 0.111. The molecule has 0 saturated heterocycles. The van der Waals surface area contributed by atoms with E-state index in [0.29, 0.717) is 16.2 Å². The molecule has 1 atom stereocenters. The highest BCUT2D eigenvalue weighted by molar-refractivity contribution is 8.00. The van der Waals surface area contributed by atoms with E-state index in [1.165, 1.54) is 16.3 Å². The number of aliphatic carboxylic acids is 1. The molecule has 0 amide bonds. The van der Waals surface area contributed by atoms with Crippen molar-refractivity contribution in [3.8, 4) is 11.1 Å². The predicted molar refractivity (Wildman–Crippen MR) is 132 cm³/mol. The van der Waals surface area contributed by atoms with Crippen molar-refractivity contribution < 1.29 is 14.7 Å². The van der Waals surface area contributed by atoms with E-state index >= 15 is 0 Å². The summed E-state index contributed by atoms with van der Waals surface area (Å²) in [5, 5.41) is 10.3. The van der Waals surface area contributed by atoms with Crippen LogP contribution in [0, 0.1) is 0 Å². The minimum Gasteiger partial charge on any atom is -0.480 e. The number of ketones is 1. The van der Waals surface area contributed by atoms with Crippen LogP contribution in [0.4, 0.5) is 0 Å². The number of nitrogens with zero attached hydrogens (tertiary/aromatic N) is 2. The number of thioether (sulfide) groups is 1. The van der Waals surface area contributed by atoms with E-state index in [1.54, 1.807) is 30.5 Å². The Balaban J connectivity index is 1.71. The maximum atomic E-state index is 13.0. The molecule has 0 unspecified atom stereocenters. The van der Waals surface area contributed by atoms with E-state index in [9.17, 15) is 19.5 Å². The highest BCUT2D eigenvalue weighted by Crippen LogP contribution is 2.30. The van der Waals surface area contributed by atoms with Gasteiger partial charge in [-0.15, -0.1) is 0 Å². The lowest BCUT2D eigenvalue weighted by atomic mass is 10.1. The minimum absolute atomic E-state index is 0.0805. The zero-order valence-electron chi connectivity index (χ0n) is 18.2. The summed E-state index contributed by atoms with van der Waals surface area (Å²) in [5.74, 6) is -1.10. The molecule has 0 radical (unpaired) electrons. The molecule has 1 aromatic heterocycles. The van der Waals surface area contributed by atoms with Gasteiger partial charge < -0.3 is 5.11 Å². The van der Waals surface area contributed by atoms with E-state index in [4.69, 9.17) is 0 Å². The summed E-state index contributed by atoms with van der Waals surface area (Å²) < 4.78 is 1.17. The molecule has 0 fully saturated rings. The van der Waals surface area contributed by atoms with Gasteiger partial charge in [0.15, 0.2) is 5.78 Å². The second-order valence-electron chi connectivity index (χ2n) is 7.64. The van der Waals surface area contributed by atoms with Gasteiger partial charge in [0.2, 0.25) is 0 Å². The van der Waals surface area contributed by atoms with Crippen LogP contribution in [0.1, 0.15) is 22.0 Å². The van der Waals surface area contributed by atoms with Crippen molar-refractivity contribution in [3.05, 3.63) is 119 Å². The zero-order chi connectivity index (χ0) is 23.9. The van der Waals surface area contributed by atoms with Crippen molar-refractivity contribution in [3.63, 3.8) is 0 Å². The van der Waals surface area contributed by atoms with Crippen LogP contribution in [-0.2, 0) is 11.2 Å². The first kappa shape index (κ1) is 23.2. The van der Waals surface area contributed by atoms with Crippen molar-refractivity contribution in [2.45, 2.75) is 17.5 Å². The molecule has 0 bridgehead atoms. The maximum absolute atomic E-state index is 13.0. The second kappa shape index (κ2) is 10.8. The highest BCUT2D eigenvalue weighted by atomic mass is 32.2. The van der Waals surface area contributed by atoms with Gasteiger partial charge in [-0.1, -0.05) is 103 Å². The monoisotopic (exact) mass is 470 g/mol. The Labute approximate surface area is 200 Å². The Bertz CT molecular complexity index is 1340. The summed E-state index contributed by atoms with van der Waals surface area (Å²) in [7, 11) is 0. The van der Waals surface area contributed by atoms with Crippen LogP contribution in [0.15, 0.2) is 107 Å². The standard InChI is InChI=1S/C27H22N2O4S/c30-24(21-14-8-3-9-15-21)18-34-25-22(20-12-6-2-7-13-20)17-29(27(33)28-25)23(26(31)32)16-19-10-4-1-5-11-19/h1-15,17,23H,16,18H2,(H,31,32)/t23-/m0/s1. The molecule has 170 valence electrons. The summed E-state index contributed by atoms with van der Waals surface area (Å²) in [4.78, 5) is 41.9. The van der Waals surface area contributed by atoms with Crippen LogP contribution in [0.25, 0.3) is 11.1 Å². The lowest BCUT2D eigenvalue weighted by Crippen LogP contribution is -2.33. The quantitative estimate of drug-likeness (QED) is 0.216. The number of carboxylic acid groups (broad SMARTS) is 1. The summed E-state index contributed by atoms with van der Waals surface area (Å²) in [6.45, 7) is 0. The van der Waals surface area contributed by atoms with Crippen molar-refractivity contribution in [1.82, 2.24) is 9.55 Å². The van der Waals surface area contributed by atoms with Gasteiger partial charge in [-0.25, -0.2) is 9.59 Å². The number of carboxylic acids is 1. The molecule has 3 aromatic carbocycles. The minimum atomic E-state index is -1.12. The number of carbonyl (C=O) groups is 2. The van der Waals surface area contributed by atoms with E-state index in [2.05, 4.69) is 4.98 Å². The van der Waals surface area contributed by atoms with Crippen LogP contribution in [0.5, 0.6) is 0 Å². The molecule has 0 spiro atoms. The summed E-state index contributed by atoms with van der Waals surface area (Å²) in [6.07, 6.45) is 1.69. The molecule has 4 aromatic rings. The second-order valence-corrected chi connectivity index (χ2v) is 8.60. The topological polar surface area (TPSA) is 89.3 Å². The summed E-state index contributed by atoms with van der Waals surface area (Å²) >= 11 is 1.17. The third-order valence-electron chi connectivity index (χ3n) is 5.33. The number of aromatic nitrogens is 2. The van der Waals surface area contributed by atoms with Gasteiger partial charge in [0, 0.05) is 23.7 Å². The molecule has 0 aliphatic carbocycles. The van der Waals surface area contributed by atoms with E-state index < -0.39 is 17.7 Å². The first-order valence-electron chi connectivity index (χ1n) is 10.7. The third kappa shape index (κ3) is 5.50. The molecule has 1 heterocycles. The number of hydrogen-bond donors (Lipinski definition) is 1. The molecular weight excluding hydrogens is 448 g/mol. The number of hydrogen-bond acceptors (Lipinski definition) is 5. The molecule has 7 heteroatoms. The number of Topliss-reactive ketones (excluding diaryl/α,β-unsaturated/α-hetero) is 1. The lowest BCUT2D eigenvalue weighted by molar-refractivity contribution is -0.141. The van der Waals surface area contributed by atoms with Crippen LogP contribution < -0.4 is 5.69 Å². The van der Waals surface area contributed by atoms with E-state index in [1.807, 2.05) is 66.7 Å². The number of benzene rings is 3. The first-order valence-corrected chi connectivity index (χ1v) is 11.7. The number of carbonyl (C=O) groups excluding carboxylic acids is 1. The smallest absolute Gasteiger partial charge is 0.349 e. The first-order chi connectivity index (χ1) is 16.5. The van der Waals surface area contributed by atoms with Crippen molar-refractivity contribution in [1.29, 1.82) is 0 Å². The number of rotatable bonds is 9. The average Bonchev–Trinajstić information content (AvgIpc) is 2.87. The van der Waals surface area contributed by atoms with Crippen molar-refractivity contribution in [2.24, 2.45) is 0 Å². The zero-order valence-corrected chi connectivity index (χ0v) is 19.0. The van der Waals surface area contributed by atoms with Crippen LogP contribution in [0.3, 0.4) is 0 Å². The van der Waals surface area contributed by atoms with E-state index in [0.717, 1.165) is 11.1 Å². The van der Waals surface area contributed by atoms with Crippen molar-refractivity contribution >= 4 is 23.5 Å². The SMILES string of the molecule is O=C(CSc1nc(=O)n([C@@H](Cc2ccccc2)C(=O)O)cc1-c1ccccc1)c1ccccc1. The Morgan fingerprint density at radius 2 is 1.47 bits per heavy atom. The highest BCUT2D eigenvalue weighted by Gasteiger charge is 2.24. The Hall–Kier alpha value is -3.97. The molecule has 0 aliphatic rings. The fourth-order valence-corrected chi connectivity index (χ4v) is 4.49. The molecular formula is C27H22N2O4S. The van der Waals surface area contributed by atoms with Gasteiger partial charge >= 0.3 is 11.7 Å². The molecule has 34 heavy (non-hydrogen) atoms. The molecule has 0 aliphatic heterocycles. The van der Waals surface area contributed by atoms with Crippen LogP contribution in [-0.4, -0.2) is 32.2 Å². The molecule has 6 nitrogen and oxygen atoms in total. The van der Waals surface area contributed by atoms with Gasteiger partial charge in [0.05, 0.1) is 5.75 Å². The predicted octanol–water partition coefficient (Wildman–Crippen LogP) is 4.75. The molecule has 1 N–H and O–H groups in total. The maximum Gasteiger partial charge on any atom is 0.349 e. The lowest BCUT2D eigenvalue weighted by Gasteiger charge is -2.18. The fourth-order valence-electron chi connectivity index (χ4n) is 3.59. The Morgan fingerprint density at radius 3 is 2.09 bits per heavy atom.